The van der Waals surface area contributed by atoms with Crippen LogP contribution in [0.1, 0.15) is 0 Å². The van der Waals surface area contributed by atoms with Crippen molar-refractivity contribution in [3.63, 3.8) is 0 Å². The molecule has 0 aliphatic carbocycles. The average Bonchev–Trinajstić information content (AvgIpc) is 3.35. The predicted molar refractivity (Wildman–Crippen MR) is 160 cm³/mol. The van der Waals surface area contributed by atoms with E-state index < -0.39 is 0 Å². The van der Waals surface area contributed by atoms with Gasteiger partial charge in [0.2, 0.25) is 0 Å². The van der Waals surface area contributed by atoms with Crippen molar-refractivity contribution in [3.8, 4) is 22.3 Å². The van der Waals surface area contributed by atoms with Crippen molar-refractivity contribution >= 4 is 63.8 Å². The van der Waals surface area contributed by atoms with Crippen molar-refractivity contribution in [2.75, 3.05) is 0 Å². The van der Waals surface area contributed by atoms with Crippen molar-refractivity contribution in [1.82, 2.24) is 0 Å². The third kappa shape index (κ3) is 3.24. The van der Waals surface area contributed by atoms with E-state index in [0.29, 0.717) is 0 Å². The van der Waals surface area contributed by atoms with Crippen LogP contribution in [-0.4, -0.2) is 0 Å². The number of rotatable bonds is 2. The van der Waals surface area contributed by atoms with Crippen LogP contribution in [0.4, 0.5) is 0 Å². The van der Waals surface area contributed by atoms with Crippen LogP contribution in [0.25, 0.3) is 74.7 Å². The molecule has 0 saturated heterocycles. The van der Waals surface area contributed by atoms with Gasteiger partial charge in [0.1, 0.15) is 0 Å². The number of thiophene rings is 1. The fourth-order valence-corrected chi connectivity index (χ4v) is 6.83. The van der Waals surface area contributed by atoms with Gasteiger partial charge in [0, 0.05) is 30.9 Å². The molecule has 0 nitrogen and oxygen atoms in total. The summed E-state index contributed by atoms with van der Waals surface area (Å²) in [5.74, 6) is 0. The van der Waals surface area contributed by atoms with E-state index in [0.717, 1.165) is 10.8 Å². The molecule has 0 bridgehead atoms. The van der Waals surface area contributed by atoms with Gasteiger partial charge >= 0.3 is 0 Å². The van der Waals surface area contributed by atoms with Crippen LogP contribution in [0.5, 0.6) is 0 Å². The lowest BCUT2D eigenvalue weighted by Crippen LogP contribution is -1.83. The second-order valence-electron chi connectivity index (χ2n) is 9.61. The predicted octanol–water partition coefficient (Wildman–Crippen LogP) is 10.4. The van der Waals surface area contributed by atoms with Gasteiger partial charge in [0.05, 0.1) is 0 Å². The first kappa shape index (κ1) is 20.5. The Hall–Kier alpha value is -4.64. The van der Waals surface area contributed by atoms with Gasteiger partial charge in [0.15, 0.2) is 0 Å². The van der Waals surface area contributed by atoms with Crippen molar-refractivity contribution in [2.24, 2.45) is 0 Å². The molecule has 7 aromatic carbocycles. The van der Waals surface area contributed by atoms with Crippen LogP contribution < -0.4 is 0 Å². The van der Waals surface area contributed by atoms with E-state index in [1.54, 1.807) is 0 Å². The maximum atomic E-state index is 3.47. The van der Waals surface area contributed by atoms with Gasteiger partial charge in [-0.3, -0.25) is 0 Å². The summed E-state index contributed by atoms with van der Waals surface area (Å²) in [6, 6.07) is 50.9. The Morgan fingerprint density at radius 2 is 1.08 bits per heavy atom. The van der Waals surface area contributed by atoms with Crippen LogP contribution in [-0.2, 0) is 0 Å². The minimum absolute atomic E-state index is 1.09. The number of hydrogen-bond acceptors (Lipinski definition) is 1. The lowest BCUT2D eigenvalue weighted by Gasteiger charge is -2.08. The Bertz CT molecular complexity index is 2140. The molecule has 1 aromatic heterocycles. The molecule has 0 fully saturated rings. The lowest BCUT2D eigenvalue weighted by atomic mass is 9.95. The Kier molecular flexibility index (Phi) is 4.40. The number of fused-ring (bicyclic) bond motifs is 7. The number of benzene rings is 6. The van der Waals surface area contributed by atoms with Gasteiger partial charge in [-0.05, 0) is 68.1 Å². The molecule has 0 aliphatic heterocycles. The summed E-state index contributed by atoms with van der Waals surface area (Å²) >= 11 is 1.87. The van der Waals surface area contributed by atoms with Gasteiger partial charge in [-0.2, -0.15) is 0 Å². The highest BCUT2D eigenvalue weighted by molar-refractivity contribution is 7.26. The van der Waals surface area contributed by atoms with Crippen molar-refractivity contribution in [2.45, 2.75) is 0 Å². The minimum atomic E-state index is 1.09. The standard InChI is InChI=1S/C36H20S/c1-2-7-24-20-25(13-12-23(24)6-1)26-16-18-30-27(21-26)14-15-28-22-29(17-19-31(28)30)32-9-5-10-34-33-8-3-4-11-35(33)37-36(32)34/h1-13,16-22H. The minimum Gasteiger partial charge on any atom is -0.135 e. The molecule has 0 atom stereocenters. The summed E-state index contributed by atoms with van der Waals surface area (Å²) in [6.07, 6.45) is 0. The highest BCUT2D eigenvalue weighted by Gasteiger charge is 2.11. The molecule has 0 unspecified atom stereocenters. The summed E-state index contributed by atoms with van der Waals surface area (Å²) in [5.41, 5.74) is 4.93. The van der Waals surface area contributed by atoms with E-state index in [1.807, 2.05) is 11.3 Å². The fraction of sp³-hybridized carbons (Fsp3) is 0. The van der Waals surface area contributed by atoms with E-state index >= 15 is 0 Å². The Morgan fingerprint density at radius 1 is 0.432 bits per heavy atom. The van der Waals surface area contributed by atoms with Crippen molar-refractivity contribution in [1.29, 1.82) is 0 Å². The molecule has 8 aromatic rings. The molecule has 0 radical (unpaired) electrons. The molecular formula is C36H20S. The molecule has 1 heteroatoms. The van der Waals surface area contributed by atoms with Gasteiger partial charge < -0.3 is 0 Å². The van der Waals surface area contributed by atoms with Crippen LogP contribution >= 0.6 is 11.3 Å². The molecule has 0 N–H and O–H groups in total. The molecular weight excluding hydrogens is 464 g/mol. The summed E-state index contributed by atoms with van der Waals surface area (Å²) in [7, 11) is 0. The van der Waals surface area contributed by atoms with E-state index in [2.05, 4.69) is 133 Å². The zero-order chi connectivity index (χ0) is 24.3. The molecule has 1 heterocycles. The smallest absolute Gasteiger partial charge is 0.0433 e. The van der Waals surface area contributed by atoms with Crippen molar-refractivity contribution < 1.29 is 0 Å². The third-order valence-electron chi connectivity index (χ3n) is 7.46. The Morgan fingerprint density at radius 3 is 1.95 bits per heavy atom. The topological polar surface area (TPSA) is 0 Å². The van der Waals surface area contributed by atoms with E-state index in [4.69, 9.17) is 0 Å². The lowest BCUT2D eigenvalue weighted by molar-refractivity contribution is 1.68. The summed E-state index contributed by atoms with van der Waals surface area (Å²) in [6.45, 7) is 0. The molecule has 37 heavy (non-hydrogen) atoms. The van der Waals surface area contributed by atoms with E-state index in [1.165, 1.54) is 64.0 Å². The van der Waals surface area contributed by atoms with Gasteiger partial charge in [-0.1, -0.05) is 109 Å². The van der Waals surface area contributed by atoms with E-state index in [-0.39, 0.29) is 0 Å². The SMILES string of the molecule is c1c2cc(-c3ccc4ccccc4c3)ccc2c2ccc(-c3cccc4c3sc3ccccc34)cc2c#1. The van der Waals surface area contributed by atoms with E-state index in [9.17, 15) is 0 Å². The first-order valence-corrected chi connectivity index (χ1v) is 13.3. The van der Waals surface area contributed by atoms with Gasteiger partial charge in [0.25, 0.3) is 0 Å². The molecule has 0 amide bonds. The highest BCUT2D eigenvalue weighted by Crippen LogP contribution is 2.40. The Balaban J connectivity index is 1.25. The maximum Gasteiger partial charge on any atom is 0.0433 e. The van der Waals surface area contributed by atoms with Crippen LogP contribution in [0, 0.1) is 12.1 Å². The Labute approximate surface area is 219 Å². The average molecular weight is 485 g/mol. The van der Waals surface area contributed by atoms with Gasteiger partial charge in [-0.25, -0.2) is 0 Å². The van der Waals surface area contributed by atoms with Crippen molar-refractivity contribution in [3.05, 3.63) is 133 Å². The normalized spacial score (nSPS) is 11.6. The molecule has 0 spiro atoms. The summed E-state index contributed by atoms with van der Waals surface area (Å²) < 4.78 is 2.67. The molecule has 0 aliphatic rings. The second-order valence-corrected chi connectivity index (χ2v) is 10.7. The summed E-state index contributed by atoms with van der Waals surface area (Å²) in [5, 5.41) is 9.80. The molecule has 170 valence electrons. The van der Waals surface area contributed by atoms with Crippen LogP contribution in [0.2, 0.25) is 0 Å². The third-order valence-corrected chi connectivity index (χ3v) is 8.68. The van der Waals surface area contributed by atoms with Crippen LogP contribution in [0.15, 0.2) is 121 Å². The highest BCUT2D eigenvalue weighted by atomic mass is 32.1. The zero-order valence-electron chi connectivity index (χ0n) is 20.0. The molecule has 0 saturated carbocycles. The second kappa shape index (κ2) is 7.93. The molecule has 8 rings (SSSR count). The fourth-order valence-electron chi connectivity index (χ4n) is 5.59. The van der Waals surface area contributed by atoms with Gasteiger partial charge in [-0.15, -0.1) is 11.3 Å². The van der Waals surface area contributed by atoms with Crippen LogP contribution in [0.3, 0.4) is 0 Å². The quantitative estimate of drug-likeness (QED) is 0.229. The number of hydrogen-bond donors (Lipinski definition) is 0. The maximum absolute atomic E-state index is 3.47. The monoisotopic (exact) mass is 484 g/mol. The largest absolute Gasteiger partial charge is 0.135 e. The summed E-state index contributed by atoms with van der Waals surface area (Å²) in [4.78, 5) is 0. The first-order chi connectivity index (χ1) is 18.3. The zero-order valence-corrected chi connectivity index (χ0v) is 20.8. The first-order valence-electron chi connectivity index (χ1n) is 12.5.